The first kappa shape index (κ1) is 18.5. The molecule has 0 saturated heterocycles. The average Bonchev–Trinajstić information content (AvgIpc) is 2.55. The van der Waals surface area contributed by atoms with Gasteiger partial charge in [-0.15, -0.1) is 0 Å². The lowest BCUT2D eigenvalue weighted by Crippen LogP contribution is -2.32. The molecule has 0 radical (unpaired) electrons. The molecule has 1 rings (SSSR count). The van der Waals surface area contributed by atoms with E-state index in [-0.39, 0.29) is 25.3 Å². The van der Waals surface area contributed by atoms with E-state index in [2.05, 4.69) is 9.78 Å². The van der Waals surface area contributed by atoms with Crippen LogP contribution in [0.2, 0.25) is 0 Å². The number of hydrogen-bond acceptors (Lipinski definition) is 5. The third-order valence-corrected chi connectivity index (χ3v) is 3.14. The van der Waals surface area contributed by atoms with E-state index < -0.39 is 12.1 Å². The van der Waals surface area contributed by atoms with Crippen LogP contribution in [0, 0.1) is 0 Å². The van der Waals surface area contributed by atoms with E-state index in [4.69, 9.17) is 0 Å². The topological polar surface area (TPSA) is 76.2 Å². The second-order valence-electron chi connectivity index (χ2n) is 5.25. The zero-order chi connectivity index (χ0) is 17.2. The fraction of sp³-hybridized carbons (Fsp3) is 0.438. The molecule has 0 fully saturated rings. The Hall–Kier alpha value is -2.57. The molecule has 0 N–H and O–H groups in total. The molecule has 23 heavy (non-hydrogen) atoms. The molecule has 2 amide bonds. The van der Waals surface area contributed by atoms with Gasteiger partial charge < -0.3 is 9.80 Å². The Kier molecular flexibility index (Phi) is 7.59. The van der Waals surface area contributed by atoms with Gasteiger partial charge in [-0.3, -0.25) is 4.79 Å². The van der Waals surface area contributed by atoms with Gasteiger partial charge in [0.1, 0.15) is 0 Å². The summed E-state index contributed by atoms with van der Waals surface area (Å²) in [5.74, 6) is -0.732. The lowest BCUT2D eigenvalue weighted by atomic mass is 10.1. The summed E-state index contributed by atoms with van der Waals surface area (Å²) in [5, 5.41) is 0. The molecule has 126 valence electrons. The Morgan fingerprint density at radius 3 is 2.22 bits per heavy atom. The maximum Gasteiger partial charge on any atom is 0.452 e. The van der Waals surface area contributed by atoms with E-state index >= 15 is 0 Å². The highest BCUT2D eigenvalue weighted by atomic mass is 17.2. The van der Waals surface area contributed by atoms with Crippen LogP contribution in [0.3, 0.4) is 0 Å². The van der Waals surface area contributed by atoms with E-state index in [9.17, 15) is 14.4 Å². The van der Waals surface area contributed by atoms with Crippen molar-refractivity contribution in [3.63, 3.8) is 0 Å². The van der Waals surface area contributed by atoms with Crippen LogP contribution in [0.5, 0.6) is 0 Å². The summed E-state index contributed by atoms with van der Waals surface area (Å²) in [6.45, 7) is 0.178. The van der Waals surface area contributed by atoms with Gasteiger partial charge in [0.05, 0.1) is 6.42 Å². The summed E-state index contributed by atoms with van der Waals surface area (Å²) >= 11 is 0. The average molecular weight is 322 g/mol. The van der Waals surface area contributed by atoms with E-state index in [1.165, 1.54) is 16.8 Å². The normalized spacial score (nSPS) is 9.87. The molecule has 1 aromatic rings. The molecule has 7 heteroatoms. The zero-order valence-electron chi connectivity index (χ0n) is 13.7. The summed E-state index contributed by atoms with van der Waals surface area (Å²) in [6.07, 6.45) is -0.0324. The molecule has 1 aromatic carbocycles. The number of amides is 2. The van der Waals surface area contributed by atoms with Crippen LogP contribution in [-0.2, 0) is 25.8 Å². The van der Waals surface area contributed by atoms with E-state index in [1.54, 1.807) is 14.1 Å². The van der Waals surface area contributed by atoms with Crippen molar-refractivity contribution in [2.24, 2.45) is 0 Å². The molecule has 0 atom stereocenters. The smallest absolute Gasteiger partial charge is 0.349 e. The zero-order valence-corrected chi connectivity index (χ0v) is 13.7. The molecule has 0 aliphatic rings. The number of carbonyl (C=O) groups is 3. The fourth-order valence-corrected chi connectivity index (χ4v) is 1.66. The van der Waals surface area contributed by atoms with Gasteiger partial charge in [0, 0.05) is 34.1 Å². The first-order valence-corrected chi connectivity index (χ1v) is 7.26. The monoisotopic (exact) mass is 322 g/mol. The quantitative estimate of drug-likeness (QED) is 0.587. The highest BCUT2D eigenvalue weighted by Crippen LogP contribution is 2.04. The molecule has 7 nitrogen and oxygen atoms in total. The summed E-state index contributed by atoms with van der Waals surface area (Å²) in [5.41, 5.74) is 0.995. The van der Waals surface area contributed by atoms with Gasteiger partial charge in [0.25, 0.3) is 0 Å². The molecule has 0 aliphatic carbocycles. The lowest BCUT2D eigenvalue weighted by molar-refractivity contribution is -0.236. The van der Waals surface area contributed by atoms with Gasteiger partial charge in [-0.25, -0.2) is 19.4 Å². The predicted molar refractivity (Wildman–Crippen MR) is 83.3 cm³/mol. The second-order valence-corrected chi connectivity index (χ2v) is 5.25. The minimum Gasteiger partial charge on any atom is -0.349 e. The largest absolute Gasteiger partial charge is 0.452 e. The van der Waals surface area contributed by atoms with E-state index in [0.29, 0.717) is 6.42 Å². The van der Waals surface area contributed by atoms with Gasteiger partial charge in [0.2, 0.25) is 5.91 Å². The Morgan fingerprint density at radius 1 is 0.957 bits per heavy atom. The van der Waals surface area contributed by atoms with Crippen molar-refractivity contribution >= 4 is 18.0 Å². The third-order valence-electron chi connectivity index (χ3n) is 3.14. The molecule has 0 aliphatic heterocycles. The number of carbonyl (C=O) groups excluding carboxylic acids is 3. The summed E-state index contributed by atoms with van der Waals surface area (Å²) in [6, 6.07) is 9.44. The molecule has 0 aromatic heterocycles. The first-order valence-electron chi connectivity index (χ1n) is 7.26. The fourth-order valence-electron chi connectivity index (χ4n) is 1.66. The van der Waals surface area contributed by atoms with Crippen molar-refractivity contribution in [2.75, 3.05) is 27.7 Å². The standard InChI is InChI=1S/C16H22N2O5/c1-17(2)14(19)11-12-18(3)16(21)23-22-15(20)10-9-13-7-5-4-6-8-13/h4-8H,9-12H2,1-3H3. The lowest BCUT2D eigenvalue weighted by Gasteiger charge is -2.16. The number of nitrogens with zero attached hydrogens (tertiary/aromatic N) is 2. The summed E-state index contributed by atoms with van der Waals surface area (Å²) in [7, 11) is 4.73. The van der Waals surface area contributed by atoms with Crippen LogP contribution < -0.4 is 0 Å². The van der Waals surface area contributed by atoms with Crippen molar-refractivity contribution in [3.8, 4) is 0 Å². The second kappa shape index (κ2) is 9.45. The Labute approximate surface area is 135 Å². The molecule has 0 spiro atoms. The number of rotatable bonds is 6. The molecular formula is C16H22N2O5. The SMILES string of the molecule is CN(C)C(=O)CCN(C)C(=O)OOC(=O)CCc1ccccc1. The van der Waals surface area contributed by atoms with Crippen LogP contribution in [0.15, 0.2) is 30.3 Å². The van der Waals surface area contributed by atoms with Crippen LogP contribution in [-0.4, -0.2) is 55.5 Å². The Morgan fingerprint density at radius 2 is 1.61 bits per heavy atom. The van der Waals surface area contributed by atoms with Crippen LogP contribution in [0.4, 0.5) is 4.79 Å². The van der Waals surface area contributed by atoms with Gasteiger partial charge in [-0.05, 0) is 12.0 Å². The molecular weight excluding hydrogens is 300 g/mol. The highest BCUT2D eigenvalue weighted by molar-refractivity contribution is 5.76. The Bertz CT molecular complexity index is 531. The minimum absolute atomic E-state index is 0.107. The predicted octanol–water partition coefficient (Wildman–Crippen LogP) is 1.62. The summed E-state index contributed by atoms with van der Waals surface area (Å²) in [4.78, 5) is 46.1. The van der Waals surface area contributed by atoms with Crippen molar-refractivity contribution in [1.82, 2.24) is 9.80 Å². The van der Waals surface area contributed by atoms with Gasteiger partial charge in [-0.2, -0.15) is 0 Å². The third kappa shape index (κ3) is 7.30. The molecule has 0 saturated carbocycles. The van der Waals surface area contributed by atoms with Crippen molar-refractivity contribution in [1.29, 1.82) is 0 Å². The van der Waals surface area contributed by atoms with Crippen LogP contribution >= 0.6 is 0 Å². The number of benzene rings is 1. The van der Waals surface area contributed by atoms with Gasteiger partial charge >= 0.3 is 12.1 Å². The van der Waals surface area contributed by atoms with Crippen LogP contribution in [0.1, 0.15) is 18.4 Å². The molecule has 0 bridgehead atoms. The number of hydrogen-bond donors (Lipinski definition) is 0. The highest BCUT2D eigenvalue weighted by Gasteiger charge is 2.16. The maximum absolute atomic E-state index is 11.6. The van der Waals surface area contributed by atoms with Crippen molar-refractivity contribution in [2.45, 2.75) is 19.3 Å². The van der Waals surface area contributed by atoms with E-state index in [0.717, 1.165) is 5.56 Å². The van der Waals surface area contributed by atoms with Gasteiger partial charge in [0.15, 0.2) is 0 Å². The maximum atomic E-state index is 11.6. The number of aryl methyl sites for hydroxylation is 1. The minimum atomic E-state index is -0.815. The van der Waals surface area contributed by atoms with Crippen LogP contribution in [0.25, 0.3) is 0 Å². The van der Waals surface area contributed by atoms with Crippen molar-refractivity contribution < 1.29 is 24.2 Å². The summed E-state index contributed by atoms with van der Waals surface area (Å²) < 4.78 is 0. The van der Waals surface area contributed by atoms with E-state index in [1.807, 2.05) is 30.3 Å². The molecule has 0 unspecified atom stereocenters. The first-order chi connectivity index (χ1) is 10.9. The van der Waals surface area contributed by atoms with Gasteiger partial charge in [-0.1, -0.05) is 30.3 Å². The molecule has 0 heterocycles. The Balaban J connectivity index is 2.23. The van der Waals surface area contributed by atoms with Crippen molar-refractivity contribution in [3.05, 3.63) is 35.9 Å².